The van der Waals surface area contributed by atoms with Gasteiger partial charge in [-0.15, -0.1) is 0 Å². The van der Waals surface area contributed by atoms with Gasteiger partial charge in [0, 0.05) is 16.7 Å². The summed E-state index contributed by atoms with van der Waals surface area (Å²) >= 11 is 0. The number of aromatic nitrogens is 3. The molecule has 0 saturated heterocycles. The Bertz CT molecular complexity index is 2670. The average molecular weight is 689 g/mol. The number of fused-ring (bicyclic) bond motifs is 1. The highest BCUT2D eigenvalue weighted by Gasteiger charge is 2.15. The van der Waals surface area contributed by atoms with Crippen molar-refractivity contribution in [2.45, 2.75) is 0 Å². The molecule has 54 heavy (non-hydrogen) atoms. The van der Waals surface area contributed by atoms with Crippen LogP contribution in [0.5, 0.6) is 0 Å². The van der Waals surface area contributed by atoms with Crippen LogP contribution in [0.4, 0.5) is 0 Å². The van der Waals surface area contributed by atoms with Crippen LogP contribution in [-0.2, 0) is 0 Å². The Balaban J connectivity index is 1.09. The fraction of sp³-hybridized carbons (Fsp3) is 0. The summed E-state index contributed by atoms with van der Waals surface area (Å²) in [5, 5.41) is 11.6. The van der Waals surface area contributed by atoms with Gasteiger partial charge in [0.2, 0.25) is 0 Å². The molecule has 8 aromatic carbocycles. The second-order valence-electron chi connectivity index (χ2n) is 13.2. The Morgan fingerprint density at radius 2 is 0.574 bits per heavy atom. The van der Waals surface area contributed by atoms with E-state index in [2.05, 4.69) is 164 Å². The molecule has 1 aromatic heterocycles. The molecule has 0 atom stereocenters. The van der Waals surface area contributed by atoms with Gasteiger partial charge in [0.15, 0.2) is 17.5 Å². The van der Waals surface area contributed by atoms with Gasteiger partial charge in [0.1, 0.15) is 0 Å². The molecule has 252 valence electrons. The molecule has 0 N–H and O–H groups in total. The normalized spacial score (nSPS) is 10.9. The molecule has 0 amide bonds. The molecule has 0 saturated carbocycles. The van der Waals surface area contributed by atoms with Crippen molar-refractivity contribution < 1.29 is 0 Å². The maximum atomic E-state index is 9.29. The highest BCUT2D eigenvalue weighted by molar-refractivity contribution is 6.05. The van der Waals surface area contributed by atoms with Gasteiger partial charge in [-0.25, -0.2) is 15.0 Å². The van der Waals surface area contributed by atoms with Crippen molar-refractivity contribution in [1.82, 2.24) is 15.0 Å². The van der Waals surface area contributed by atoms with Gasteiger partial charge in [-0.05, 0) is 67.4 Å². The van der Waals surface area contributed by atoms with Crippen LogP contribution in [-0.4, -0.2) is 15.0 Å². The average Bonchev–Trinajstić information content (AvgIpc) is 3.27. The molecule has 0 aliphatic rings. The quantitative estimate of drug-likeness (QED) is 0.167. The monoisotopic (exact) mass is 688 g/mol. The summed E-state index contributed by atoms with van der Waals surface area (Å²) in [6.07, 6.45) is 0. The fourth-order valence-electron chi connectivity index (χ4n) is 6.97. The Hall–Kier alpha value is -7.48. The van der Waals surface area contributed by atoms with Crippen LogP contribution in [0.25, 0.3) is 89.4 Å². The molecule has 0 fully saturated rings. The fourth-order valence-corrected chi connectivity index (χ4v) is 6.97. The predicted molar refractivity (Wildman–Crippen MR) is 220 cm³/mol. The Morgan fingerprint density at radius 1 is 0.278 bits per heavy atom. The standard InChI is InChI=1S/C50H32N4/c51-33-34-15-17-39(18-16-34)44-31-32-45(47-14-8-7-13-46(44)47)40-23-29-43(30-24-40)50-53-48(41-25-19-37(20-26-41)35-9-3-1-4-10-35)52-49(54-50)42-27-21-38(22-28-42)36-11-5-2-6-12-36/h1-32H. The van der Waals surface area contributed by atoms with Crippen LogP contribution >= 0.6 is 0 Å². The van der Waals surface area contributed by atoms with Crippen LogP contribution in [0.15, 0.2) is 194 Å². The maximum absolute atomic E-state index is 9.29. The zero-order chi connectivity index (χ0) is 36.3. The van der Waals surface area contributed by atoms with E-state index >= 15 is 0 Å². The first kappa shape index (κ1) is 32.4. The largest absolute Gasteiger partial charge is 0.208 e. The smallest absolute Gasteiger partial charge is 0.164 e. The third-order valence-corrected chi connectivity index (χ3v) is 9.84. The van der Waals surface area contributed by atoms with Gasteiger partial charge in [0.25, 0.3) is 0 Å². The van der Waals surface area contributed by atoms with Gasteiger partial charge < -0.3 is 0 Å². The summed E-state index contributed by atoms with van der Waals surface area (Å²) in [7, 11) is 0. The third kappa shape index (κ3) is 6.43. The molecule has 9 aromatic rings. The summed E-state index contributed by atoms with van der Waals surface area (Å²) < 4.78 is 0. The van der Waals surface area contributed by atoms with E-state index in [0.717, 1.165) is 72.0 Å². The molecule has 4 heteroatoms. The molecule has 1 heterocycles. The zero-order valence-corrected chi connectivity index (χ0v) is 29.3. The van der Waals surface area contributed by atoms with E-state index in [0.29, 0.717) is 23.0 Å². The first-order chi connectivity index (χ1) is 26.7. The van der Waals surface area contributed by atoms with E-state index in [1.54, 1.807) is 0 Å². The molecular formula is C50H32N4. The van der Waals surface area contributed by atoms with Crippen molar-refractivity contribution >= 4 is 10.8 Å². The van der Waals surface area contributed by atoms with Crippen LogP contribution in [0.1, 0.15) is 5.56 Å². The first-order valence-electron chi connectivity index (χ1n) is 17.9. The Kier molecular flexibility index (Phi) is 8.57. The third-order valence-electron chi connectivity index (χ3n) is 9.84. The van der Waals surface area contributed by atoms with Crippen molar-refractivity contribution in [2.75, 3.05) is 0 Å². The van der Waals surface area contributed by atoms with E-state index < -0.39 is 0 Å². The molecule has 0 spiro atoms. The Morgan fingerprint density at radius 3 is 0.944 bits per heavy atom. The number of rotatable bonds is 7. The van der Waals surface area contributed by atoms with Crippen molar-refractivity contribution in [3.8, 4) is 84.7 Å². The van der Waals surface area contributed by atoms with Crippen LogP contribution in [0.3, 0.4) is 0 Å². The molecule has 0 bridgehead atoms. The lowest BCUT2D eigenvalue weighted by Crippen LogP contribution is -2.00. The maximum Gasteiger partial charge on any atom is 0.164 e. The molecule has 0 aliphatic carbocycles. The highest BCUT2D eigenvalue weighted by atomic mass is 15.0. The second kappa shape index (κ2) is 14.3. The molecule has 0 unspecified atom stereocenters. The van der Waals surface area contributed by atoms with Crippen molar-refractivity contribution in [2.24, 2.45) is 0 Å². The summed E-state index contributed by atoms with van der Waals surface area (Å²) in [6.45, 7) is 0. The van der Waals surface area contributed by atoms with Crippen LogP contribution < -0.4 is 0 Å². The summed E-state index contributed by atoms with van der Waals surface area (Å²) in [5.74, 6) is 1.85. The highest BCUT2D eigenvalue weighted by Crippen LogP contribution is 2.37. The zero-order valence-electron chi connectivity index (χ0n) is 29.3. The molecule has 0 radical (unpaired) electrons. The van der Waals surface area contributed by atoms with E-state index in [-0.39, 0.29) is 0 Å². The molecule has 4 nitrogen and oxygen atoms in total. The number of nitrogens with zero attached hydrogens (tertiary/aromatic N) is 4. The lowest BCUT2D eigenvalue weighted by atomic mass is 9.91. The second-order valence-corrected chi connectivity index (χ2v) is 13.2. The van der Waals surface area contributed by atoms with Gasteiger partial charge >= 0.3 is 0 Å². The summed E-state index contributed by atoms with van der Waals surface area (Å²) in [5.41, 5.74) is 12.5. The number of hydrogen-bond donors (Lipinski definition) is 0. The van der Waals surface area contributed by atoms with Crippen LogP contribution in [0, 0.1) is 11.3 Å². The molecule has 9 rings (SSSR count). The number of benzene rings is 8. The van der Waals surface area contributed by atoms with E-state index in [1.807, 2.05) is 36.4 Å². The van der Waals surface area contributed by atoms with Gasteiger partial charge in [0.05, 0.1) is 11.6 Å². The number of hydrogen-bond acceptors (Lipinski definition) is 4. The van der Waals surface area contributed by atoms with Crippen molar-refractivity contribution in [3.63, 3.8) is 0 Å². The van der Waals surface area contributed by atoms with Gasteiger partial charge in [-0.3, -0.25) is 0 Å². The van der Waals surface area contributed by atoms with Gasteiger partial charge in [-0.2, -0.15) is 5.26 Å². The predicted octanol–water partition coefficient (Wildman–Crippen LogP) is 12.6. The topological polar surface area (TPSA) is 62.5 Å². The minimum absolute atomic E-state index is 0.613. The Labute approximate surface area is 314 Å². The minimum atomic E-state index is 0.613. The van der Waals surface area contributed by atoms with Crippen molar-refractivity contribution in [3.05, 3.63) is 200 Å². The lowest BCUT2D eigenvalue weighted by molar-refractivity contribution is 1.07. The molecular weight excluding hydrogens is 657 g/mol. The molecule has 0 aliphatic heterocycles. The van der Waals surface area contributed by atoms with E-state index in [4.69, 9.17) is 15.0 Å². The SMILES string of the molecule is N#Cc1ccc(-c2ccc(-c3ccc(-c4nc(-c5ccc(-c6ccccc6)cc5)nc(-c5ccc(-c6ccccc6)cc5)n4)cc3)c3ccccc23)cc1. The summed E-state index contributed by atoms with van der Waals surface area (Å²) in [6, 6.07) is 68.8. The van der Waals surface area contributed by atoms with Crippen LogP contribution in [0.2, 0.25) is 0 Å². The minimum Gasteiger partial charge on any atom is -0.208 e. The number of nitriles is 1. The van der Waals surface area contributed by atoms with Crippen molar-refractivity contribution in [1.29, 1.82) is 5.26 Å². The van der Waals surface area contributed by atoms with Gasteiger partial charge in [-0.1, -0.05) is 182 Å². The lowest BCUT2D eigenvalue weighted by Gasteiger charge is -2.13. The first-order valence-corrected chi connectivity index (χ1v) is 17.9. The summed E-state index contributed by atoms with van der Waals surface area (Å²) in [4.78, 5) is 15.1. The van der Waals surface area contributed by atoms with E-state index in [1.165, 1.54) is 0 Å². The van der Waals surface area contributed by atoms with E-state index in [9.17, 15) is 5.26 Å².